The van der Waals surface area contributed by atoms with E-state index < -0.39 is 5.72 Å². The lowest BCUT2D eigenvalue weighted by molar-refractivity contribution is -0.100. The average molecular weight is 510 g/mol. The highest BCUT2D eigenvalue weighted by molar-refractivity contribution is 6.43. The van der Waals surface area contributed by atoms with Gasteiger partial charge in [-0.1, -0.05) is 59.6 Å². The molecule has 1 fully saturated rings. The molecule has 3 aromatic carbocycles. The molecule has 3 aromatic rings. The summed E-state index contributed by atoms with van der Waals surface area (Å²) in [5, 5.41) is 15.2. The number of carbonyl (C=O) groups excluding carboxylic acids is 1. The van der Waals surface area contributed by atoms with Gasteiger partial charge in [0.05, 0.1) is 15.7 Å². The smallest absolute Gasteiger partial charge is 0.251 e. The van der Waals surface area contributed by atoms with Crippen molar-refractivity contribution in [2.24, 2.45) is 0 Å². The number of piperazine rings is 1. The molecule has 182 valence electrons. The highest BCUT2D eigenvalue weighted by Gasteiger charge is 2.32. The lowest BCUT2D eigenvalue weighted by Gasteiger charge is -2.43. The maximum Gasteiger partial charge on any atom is 0.251 e. The fraction of sp³-hybridized carbons (Fsp3) is 0.321. The van der Waals surface area contributed by atoms with E-state index >= 15 is 0 Å². The van der Waals surface area contributed by atoms with Gasteiger partial charge in [0.1, 0.15) is 5.72 Å². The normalized spacial score (nSPS) is 17.0. The van der Waals surface area contributed by atoms with Gasteiger partial charge in [0.2, 0.25) is 0 Å². The number of benzene rings is 3. The third-order valence-corrected chi connectivity index (χ3v) is 7.98. The summed E-state index contributed by atoms with van der Waals surface area (Å²) in [6.45, 7) is 5.06. The van der Waals surface area contributed by atoms with E-state index in [2.05, 4.69) is 33.3 Å². The van der Waals surface area contributed by atoms with Gasteiger partial charge in [0, 0.05) is 44.7 Å². The molecule has 1 unspecified atom stereocenters. The lowest BCUT2D eigenvalue weighted by Crippen LogP contribution is -2.56. The van der Waals surface area contributed by atoms with Gasteiger partial charge in [-0.2, -0.15) is 0 Å². The van der Waals surface area contributed by atoms with Crippen molar-refractivity contribution in [3.05, 3.63) is 87.4 Å². The van der Waals surface area contributed by atoms with E-state index in [1.54, 1.807) is 6.07 Å². The first-order chi connectivity index (χ1) is 16.8. The number of rotatable bonds is 6. The molecule has 2 N–H and O–H groups in total. The molecule has 0 radical (unpaired) electrons. The van der Waals surface area contributed by atoms with Crippen LogP contribution in [0.25, 0.3) is 11.1 Å². The zero-order valence-electron chi connectivity index (χ0n) is 19.7. The minimum atomic E-state index is -1.02. The van der Waals surface area contributed by atoms with Crippen LogP contribution >= 0.6 is 23.2 Å². The number of amides is 1. The van der Waals surface area contributed by atoms with Crippen molar-refractivity contribution in [3.8, 4) is 11.1 Å². The highest BCUT2D eigenvalue weighted by atomic mass is 35.5. The second kappa shape index (κ2) is 9.82. The van der Waals surface area contributed by atoms with Crippen LogP contribution in [0.4, 0.5) is 5.69 Å². The topological polar surface area (TPSA) is 55.8 Å². The predicted octanol–water partition coefficient (Wildman–Crippen LogP) is 5.22. The van der Waals surface area contributed by atoms with Gasteiger partial charge >= 0.3 is 0 Å². The summed E-state index contributed by atoms with van der Waals surface area (Å²) in [7, 11) is 0. The highest BCUT2D eigenvalue weighted by Crippen LogP contribution is 2.37. The van der Waals surface area contributed by atoms with Crippen LogP contribution in [0, 0.1) is 0 Å². The van der Waals surface area contributed by atoms with Crippen LogP contribution in [-0.4, -0.2) is 54.4 Å². The van der Waals surface area contributed by atoms with Gasteiger partial charge in [0.15, 0.2) is 0 Å². The number of nitrogens with zero attached hydrogens (tertiary/aromatic N) is 2. The van der Waals surface area contributed by atoms with Crippen molar-refractivity contribution < 1.29 is 9.90 Å². The van der Waals surface area contributed by atoms with Crippen LogP contribution in [0.5, 0.6) is 0 Å². The quantitative estimate of drug-likeness (QED) is 0.374. The second-order valence-electron chi connectivity index (χ2n) is 9.48. The van der Waals surface area contributed by atoms with Crippen LogP contribution in [0.3, 0.4) is 0 Å². The Labute approximate surface area is 216 Å². The predicted molar refractivity (Wildman–Crippen MR) is 143 cm³/mol. The number of hydrogen-bond acceptors (Lipinski definition) is 4. The minimum absolute atomic E-state index is 0.111. The van der Waals surface area contributed by atoms with E-state index in [1.165, 1.54) is 22.3 Å². The number of aliphatic hydroxyl groups is 1. The summed E-state index contributed by atoms with van der Waals surface area (Å²) in [6, 6.07) is 19.9. The molecule has 1 amide bonds. The summed E-state index contributed by atoms with van der Waals surface area (Å²) < 4.78 is 0. The number of anilines is 1. The molecule has 5 rings (SSSR count). The van der Waals surface area contributed by atoms with Crippen LogP contribution in [0.1, 0.15) is 34.8 Å². The average Bonchev–Trinajstić information content (AvgIpc) is 3.23. The van der Waals surface area contributed by atoms with Gasteiger partial charge in [-0.05, 0) is 59.9 Å². The van der Waals surface area contributed by atoms with Gasteiger partial charge in [-0.3, -0.25) is 9.69 Å². The molecule has 2 aliphatic rings. The number of hydrogen-bond donors (Lipinski definition) is 2. The first kappa shape index (κ1) is 24.1. The lowest BCUT2D eigenvalue weighted by atomic mass is 10.0. The Balaban J connectivity index is 1.14. The molecule has 35 heavy (non-hydrogen) atoms. The first-order valence-electron chi connectivity index (χ1n) is 12.0. The van der Waals surface area contributed by atoms with Crippen LogP contribution in [0.15, 0.2) is 60.7 Å². The molecule has 0 spiro atoms. The van der Waals surface area contributed by atoms with E-state index in [-0.39, 0.29) is 5.91 Å². The minimum Gasteiger partial charge on any atom is -0.376 e. The molecular formula is C28H29Cl2N3O2. The fourth-order valence-corrected chi connectivity index (χ4v) is 5.54. The van der Waals surface area contributed by atoms with E-state index in [4.69, 9.17) is 23.2 Å². The monoisotopic (exact) mass is 509 g/mol. The van der Waals surface area contributed by atoms with Crippen LogP contribution in [0.2, 0.25) is 10.0 Å². The standard InChI is InChI=1S/C28H29Cl2N3O2/c1-28(35,33-15-13-32(14-16-33)25-8-4-7-24(29)26(25)30)11-12-31-27(34)20-9-10-23-21(18-20)17-19-5-2-3-6-22(19)23/h2-10,18,35H,11-17H2,1H3,(H,31,34). The first-order valence-corrected chi connectivity index (χ1v) is 12.7. The van der Waals surface area contributed by atoms with Gasteiger partial charge < -0.3 is 15.3 Å². The molecule has 1 aliphatic heterocycles. The van der Waals surface area contributed by atoms with Crippen LogP contribution < -0.4 is 10.2 Å². The molecule has 1 aliphatic carbocycles. The van der Waals surface area contributed by atoms with Gasteiger partial charge in [-0.15, -0.1) is 0 Å². The Morgan fingerprint density at radius 3 is 2.51 bits per heavy atom. The SMILES string of the molecule is CC(O)(CCNC(=O)c1ccc2c(c1)Cc1ccccc1-2)N1CCN(c2cccc(Cl)c2Cl)CC1. The third-order valence-electron chi connectivity index (χ3n) is 7.17. The second-order valence-corrected chi connectivity index (χ2v) is 10.3. The van der Waals surface area contributed by atoms with Crippen molar-refractivity contribution in [1.29, 1.82) is 0 Å². The van der Waals surface area contributed by atoms with E-state index in [1.807, 2.05) is 43.3 Å². The largest absolute Gasteiger partial charge is 0.376 e. The van der Waals surface area contributed by atoms with Crippen molar-refractivity contribution in [1.82, 2.24) is 10.2 Å². The van der Waals surface area contributed by atoms with Crippen molar-refractivity contribution in [2.75, 3.05) is 37.6 Å². The number of fused-ring (bicyclic) bond motifs is 3. The Hall–Kier alpha value is -2.57. The van der Waals surface area contributed by atoms with E-state index in [0.717, 1.165) is 25.2 Å². The molecule has 0 bridgehead atoms. The number of carbonyl (C=O) groups is 1. The molecule has 7 heteroatoms. The summed E-state index contributed by atoms with van der Waals surface area (Å²) in [5.74, 6) is -0.111. The van der Waals surface area contributed by atoms with Gasteiger partial charge in [-0.25, -0.2) is 0 Å². The molecular weight excluding hydrogens is 481 g/mol. The Morgan fingerprint density at radius 1 is 0.971 bits per heavy atom. The zero-order valence-corrected chi connectivity index (χ0v) is 21.2. The Bertz CT molecular complexity index is 1250. The molecule has 0 aromatic heterocycles. The maximum atomic E-state index is 12.8. The van der Waals surface area contributed by atoms with Crippen molar-refractivity contribution >= 4 is 34.8 Å². The summed E-state index contributed by atoms with van der Waals surface area (Å²) in [4.78, 5) is 17.0. The number of nitrogens with one attached hydrogen (secondary N) is 1. The van der Waals surface area contributed by atoms with Crippen LogP contribution in [-0.2, 0) is 6.42 Å². The van der Waals surface area contributed by atoms with Crippen molar-refractivity contribution in [2.45, 2.75) is 25.5 Å². The van der Waals surface area contributed by atoms with Gasteiger partial charge in [0.25, 0.3) is 5.91 Å². The summed E-state index contributed by atoms with van der Waals surface area (Å²) >= 11 is 12.5. The Kier molecular flexibility index (Phi) is 6.78. The third kappa shape index (κ3) is 4.91. The molecule has 1 heterocycles. The molecule has 1 saturated heterocycles. The summed E-state index contributed by atoms with van der Waals surface area (Å²) in [6.07, 6.45) is 1.29. The van der Waals surface area contributed by atoms with Crippen molar-refractivity contribution in [3.63, 3.8) is 0 Å². The molecule has 0 saturated carbocycles. The zero-order chi connectivity index (χ0) is 24.6. The van der Waals surface area contributed by atoms with E-state index in [9.17, 15) is 9.90 Å². The Morgan fingerprint density at radius 2 is 1.71 bits per heavy atom. The maximum absolute atomic E-state index is 12.8. The molecule has 1 atom stereocenters. The fourth-order valence-electron chi connectivity index (χ4n) is 5.13. The summed E-state index contributed by atoms with van der Waals surface area (Å²) in [5.41, 5.74) is 5.50. The molecule has 5 nitrogen and oxygen atoms in total. The van der Waals surface area contributed by atoms with E-state index in [0.29, 0.717) is 41.7 Å². The number of halogens is 2.